The molecule has 3 rings (SSSR count). The average molecular weight is 456 g/mol. The molecule has 1 aliphatic rings. The first kappa shape index (κ1) is 23.3. The molecule has 0 aliphatic carbocycles. The molecule has 0 saturated carbocycles. The highest BCUT2D eigenvalue weighted by atomic mass is 32.2. The molecule has 0 amide bonds. The van der Waals surface area contributed by atoms with E-state index in [2.05, 4.69) is 4.99 Å². The number of nitrogens with zero attached hydrogens (tertiary/aromatic N) is 1. The number of aliphatic imine (C=N–C) groups is 1. The molecular weight excluding hydrogens is 430 g/mol. The fraction of sp³-hybridized carbons (Fsp3) is 0.250. The summed E-state index contributed by atoms with van der Waals surface area (Å²) in [4.78, 5) is 17.6. The zero-order chi connectivity index (χ0) is 23.1. The van der Waals surface area contributed by atoms with Gasteiger partial charge >= 0.3 is 5.97 Å². The Bertz CT molecular complexity index is 1070. The number of carbonyl (C=O) groups is 1. The summed E-state index contributed by atoms with van der Waals surface area (Å²) < 4.78 is 21.4. The van der Waals surface area contributed by atoms with E-state index in [-0.39, 0.29) is 17.9 Å². The summed E-state index contributed by atoms with van der Waals surface area (Å²) in [5.74, 6) is 0.976. The molecule has 32 heavy (non-hydrogen) atoms. The Hall–Kier alpha value is -3.39. The van der Waals surface area contributed by atoms with Crippen LogP contribution in [0.25, 0.3) is 6.08 Å². The molecule has 0 spiro atoms. The molecule has 2 aromatic rings. The van der Waals surface area contributed by atoms with Crippen LogP contribution < -0.4 is 14.2 Å². The van der Waals surface area contributed by atoms with E-state index in [0.29, 0.717) is 39.3 Å². The zero-order valence-electron chi connectivity index (χ0n) is 18.4. The molecule has 0 fully saturated rings. The molecule has 168 valence electrons. The minimum Gasteiger partial charge on any atom is -0.506 e. The van der Waals surface area contributed by atoms with Crippen LogP contribution in [0.4, 0.5) is 5.69 Å². The van der Waals surface area contributed by atoms with E-state index >= 15 is 0 Å². The van der Waals surface area contributed by atoms with Gasteiger partial charge in [0, 0.05) is 5.56 Å². The predicted molar refractivity (Wildman–Crippen MR) is 126 cm³/mol. The van der Waals surface area contributed by atoms with Gasteiger partial charge in [-0.1, -0.05) is 23.9 Å². The average Bonchev–Trinajstić information content (AvgIpc) is 3.09. The number of methoxy groups -OCH3 is 2. The number of rotatable bonds is 8. The fourth-order valence-corrected chi connectivity index (χ4v) is 4.09. The minimum absolute atomic E-state index is 0.0267. The van der Waals surface area contributed by atoms with Crippen LogP contribution in [0, 0.1) is 0 Å². The van der Waals surface area contributed by atoms with Crippen molar-refractivity contribution in [3.05, 3.63) is 64.3 Å². The van der Waals surface area contributed by atoms with E-state index in [9.17, 15) is 9.90 Å². The Kier molecular flexibility index (Phi) is 7.83. The number of esters is 1. The van der Waals surface area contributed by atoms with Gasteiger partial charge < -0.3 is 24.1 Å². The molecule has 0 atom stereocenters. The van der Waals surface area contributed by atoms with Crippen molar-refractivity contribution in [3.8, 4) is 17.2 Å². The summed E-state index contributed by atoms with van der Waals surface area (Å²) in [6.07, 6.45) is 1.72. The number of aliphatic hydroxyl groups excluding tert-OH is 1. The molecule has 0 saturated heterocycles. The topological polar surface area (TPSA) is 86.6 Å². The standard InChI is InChI=1S/C24H25NO6S/c1-5-30-17-12-10-16(11-13-17)25-23-20(24(27)31-6-2)21(26)19(32-23)14-15-8-7-9-18(28-3)22(15)29-4/h7-14,26H,5-6H2,1-4H3/b19-14+,25-23?. The maximum Gasteiger partial charge on any atom is 0.344 e. The van der Waals surface area contributed by atoms with Crippen molar-refractivity contribution < 1.29 is 28.8 Å². The first-order valence-corrected chi connectivity index (χ1v) is 10.9. The highest BCUT2D eigenvalue weighted by molar-refractivity contribution is 8.18. The highest BCUT2D eigenvalue weighted by Crippen LogP contribution is 2.42. The van der Waals surface area contributed by atoms with E-state index in [4.69, 9.17) is 18.9 Å². The Morgan fingerprint density at radius 2 is 1.81 bits per heavy atom. The van der Waals surface area contributed by atoms with E-state index in [1.807, 2.05) is 19.1 Å². The largest absolute Gasteiger partial charge is 0.506 e. The van der Waals surface area contributed by atoms with Crippen LogP contribution in [-0.4, -0.2) is 43.6 Å². The summed E-state index contributed by atoms with van der Waals surface area (Å²) in [6.45, 7) is 4.36. The fourth-order valence-electron chi connectivity index (χ4n) is 3.06. The Balaban J connectivity index is 2.04. The van der Waals surface area contributed by atoms with Gasteiger partial charge in [0.25, 0.3) is 0 Å². The van der Waals surface area contributed by atoms with Crippen molar-refractivity contribution in [1.82, 2.24) is 0 Å². The van der Waals surface area contributed by atoms with Crippen molar-refractivity contribution in [2.24, 2.45) is 4.99 Å². The van der Waals surface area contributed by atoms with Crippen molar-refractivity contribution in [3.63, 3.8) is 0 Å². The number of hydrogen-bond acceptors (Lipinski definition) is 8. The Labute approximate surface area is 191 Å². The second-order valence-electron chi connectivity index (χ2n) is 6.48. The van der Waals surface area contributed by atoms with Crippen LogP contribution >= 0.6 is 11.8 Å². The second kappa shape index (κ2) is 10.8. The third-order valence-corrected chi connectivity index (χ3v) is 5.49. The van der Waals surface area contributed by atoms with Gasteiger partial charge in [0.1, 0.15) is 22.1 Å². The van der Waals surface area contributed by atoms with Crippen molar-refractivity contribution in [2.75, 3.05) is 27.4 Å². The number of ether oxygens (including phenoxy) is 4. The molecule has 2 aromatic carbocycles. The van der Waals surface area contributed by atoms with Crippen LogP contribution in [0.3, 0.4) is 0 Å². The van der Waals surface area contributed by atoms with Crippen LogP contribution in [0.1, 0.15) is 19.4 Å². The van der Waals surface area contributed by atoms with Crippen molar-refractivity contribution >= 4 is 34.5 Å². The van der Waals surface area contributed by atoms with E-state index in [1.165, 1.54) is 11.8 Å². The quantitative estimate of drug-likeness (QED) is 0.541. The van der Waals surface area contributed by atoms with Gasteiger partial charge in [-0.15, -0.1) is 0 Å². The van der Waals surface area contributed by atoms with Crippen LogP contribution in [0.2, 0.25) is 0 Å². The lowest BCUT2D eigenvalue weighted by molar-refractivity contribution is -0.138. The Morgan fingerprint density at radius 3 is 2.44 bits per heavy atom. The van der Waals surface area contributed by atoms with Crippen LogP contribution in [-0.2, 0) is 9.53 Å². The summed E-state index contributed by atoms with van der Waals surface area (Å²) in [7, 11) is 3.09. The van der Waals surface area contributed by atoms with Gasteiger partial charge in [0.15, 0.2) is 11.5 Å². The number of hydrogen-bond donors (Lipinski definition) is 1. The number of thioether (sulfide) groups is 1. The second-order valence-corrected chi connectivity index (χ2v) is 7.51. The number of para-hydroxylation sites is 1. The molecule has 1 heterocycles. The number of carbonyl (C=O) groups excluding carboxylic acids is 1. The van der Waals surface area contributed by atoms with Gasteiger partial charge in [0.2, 0.25) is 0 Å². The van der Waals surface area contributed by atoms with Gasteiger partial charge in [-0.2, -0.15) is 0 Å². The first-order valence-electron chi connectivity index (χ1n) is 10.1. The van der Waals surface area contributed by atoms with E-state index in [1.54, 1.807) is 57.6 Å². The van der Waals surface area contributed by atoms with Gasteiger partial charge in [-0.05, 0) is 50.3 Å². The van der Waals surface area contributed by atoms with E-state index in [0.717, 1.165) is 5.75 Å². The van der Waals surface area contributed by atoms with Crippen LogP contribution in [0.5, 0.6) is 17.2 Å². The van der Waals surface area contributed by atoms with E-state index < -0.39 is 5.97 Å². The summed E-state index contributed by atoms with van der Waals surface area (Å²) >= 11 is 1.18. The molecule has 0 bridgehead atoms. The highest BCUT2D eigenvalue weighted by Gasteiger charge is 2.33. The SMILES string of the molecule is CCOC(=O)C1=C(O)/C(=C\c2cccc(OC)c2OC)SC1=Nc1ccc(OCC)cc1. The molecule has 8 heteroatoms. The third-order valence-electron chi connectivity index (χ3n) is 4.47. The monoisotopic (exact) mass is 455 g/mol. The summed E-state index contributed by atoms with van der Waals surface area (Å²) in [5, 5.41) is 11.2. The minimum atomic E-state index is -0.636. The Morgan fingerprint density at radius 1 is 1.06 bits per heavy atom. The molecule has 0 radical (unpaired) electrons. The van der Waals surface area contributed by atoms with Crippen molar-refractivity contribution in [2.45, 2.75) is 13.8 Å². The summed E-state index contributed by atoms with van der Waals surface area (Å²) in [5.41, 5.74) is 1.33. The molecule has 1 aliphatic heterocycles. The molecule has 0 unspecified atom stereocenters. The van der Waals surface area contributed by atoms with Gasteiger partial charge in [0.05, 0.1) is 38.0 Å². The smallest absolute Gasteiger partial charge is 0.344 e. The first-order chi connectivity index (χ1) is 15.5. The third kappa shape index (κ3) is 5.08. The van der Waals surface area contributed by atoms with Gasteiger partial charge in [-0.3, -0.25) is 0 Å². The maximum absolute atomic E-state index is 12.6. The lowest BCUT2D eigenvalue weighted by atomic mass is 10.1. The lowest BCUT2D eigenvalue weighted by Crippen LogP contribution is -2.12. The predicted octanol–water partition coefficient (Wildman–Crippen LogP) is 5.30. The lowest BCUT2D eigenvalue weighted by Gasteiger charge is -2.10. The van der Waals surface area contributed by atoms with Gasteiger partial charge in [-0.25, -0.2) is 9.79 Å². The number of aliphatic hydroxyl groups is 1. The summed E-state index contributed by atoms with van der Waals surface area (Å²) in [6, 6.07) is 12.6. The molecule has 7 nitrogen and oxygen atoms in total. The van der Waals surface area contributed by atoms with Crippen molar-refractivity contribution in [1.29, 1.82) is 0 Å². The zero-order valence-corrected chi connectivity index (χ0v) is 19.2. The molecule has 1 N–H and O–H groups in total. The number of benzene rings is 2. The van der Waals surface area contributed by atoms with Crippen LogP contribution in [0.15, 0.2) is 63.7 Å². The molecule has 0 aromatic heterocycles. The normalized spacial score (nSPS) is 15.9. The molecular formula is C24H25NO6S. The maximum atomic E-state index is 12.6.